The number of hydrogen-bond donors (Lipinski definition) is 1. The van der Waals surface area contributed by atoms with Gasteiger partial charge < -0.3 is 19.7 Å². The lowest BCUT2D eigenvalue weighted by Crippen LogP contribution is -2.45. The summed E-state index contributed by atoms with van der Waals surface area (Å²) in [6.45, 7) is 6.26. The molecule has 0 aliphatic carbocycles. The summed E-state index contributed by atoms with van der Waals surface area (Å²) in [6.07, 6.45) is 0.597. The quantitative estimate of drug-likeness (QED) is 0.468. The Hall–Kier alpha value is -3.87. The molecule has 0 aromatic heterocycles. The number of nitrogens with zero attached hydrogens (tertiary/aromatic N) is 1. The Balaban J connectivity index is 1.66. The molecule has 0 saturated heterocycles. The minimum absolute atomic E-state index is 0.298. The number of fused-ring (bicyclic) bond motifs is 1. The number of anilines is 1. The zero-order valence-electron chi connectivity index (χ0n) is 20.8. The van der Waals surface area contributed by atoms with E-state index < -0.39 is 17.7 Å². The smallest absolute Gasteiger partial charge is 0.408 e. The van der Waals surface area contributed by atoms with E-state index in [-0.39, 0.29) is 11.7 Å². The van der Waals surface area contributed by atoms with Crippen LogP contribution in [0.3, 0.4) is 0 Å². The van der Waals surface area contributed by atoms with Crippen LogP contribution in [0.5, 0.6) is 5.75 Å². The first-order chi connectivity index (χ1) is 17.2. The number of benzene rings is 3. The topological polar surface area (TPSA) is 67.9 Å². The molecule has 1 unspecified atom stereocenters. The highest BCUT2D eigenvalue weighted by Crippen LogP contribution is 2.31. The van der Waals surface area contributed by atoms with E-state index in [2.05, 4.69) is 5.32 Å². The van der Waals surface area contributed by atoms with Crippen molar-refractivity contribution in [3.8, 4) is 5.75 Å². The second kappa shape index (κ2) is 10.8. The molecule has 7 heteroatoms. The van der Waals surface area contributed by atoms with Crippen LogP contribution in [0.15, 0.2) is 72.8 Å². The second-order valence-corrected chi connectivity index (χ2v) is 9.75. The Morgan fingerprint density at radius 3 is 2.47 bits per heavy atom. The molecule has 1 heterocycles. The summed E-state index contributed by atoms with van der Waals surface area (Å²) >= 11 is 0. The average Bonchev–Trinajstić information content (AvgIpc) is 3.31. The van der Waals surface area contributed by atoms with E-state index in [1.807, 2.05) is 36.4 Å². The highest BCUT2D eigenvalue weighted by atomic mass is 19.1. The van der Waals surface area contributed by atoms with Crippen LogP contribution in [0.2, 0.25) is 0 Å². The van der Waals surface area contributed by atoms with Crippen LogP contribution in [0.1, 0.15) is 43.5 Å². The van der Waals surface area contributed by atoms with Gasteiger partial charge in [0, 0.05) is 18.7 Å². The summed E-state index contributed by atoms with van der Waals surface area (Å²) in [5, 5.41) is 2.77. The molecule has 6 nitrogen and oxygen atoms in total. The number of amides is 2. The van der Waals surface area contributed by atoms with Crippen LogP contribution in [0, 0.1) is 5.82 Å². The van der Waals surface area contributed by atoms with Gasteiger partial charge in [-0.1, -0.05) is 42.5 Å². The van der Waals surface area contributed by atoms with Crippen molar-refractivity contribution in [1.29, 1.82) is 0 Å². The van der Waals surface area contributed by atoms with Gasteiger partial charge in [-0.05, 0) is 74.2 Å². The molecule has 0 bridgehead atoms. The van der Waals surface area contributed by atoms with Crippen molar-refractivity contribution < 1.29 is 23.5 Å². The number of alkyl carbamates (subject to hydrolysis) is 1. The predicted octanol–water partition coefficient (Wildman–Crippen LogP) is 5.60. The van der Waals surface area contributed by atoms with Crippen molar-refractivity contribution >= 4 is 17.7 Å². The van der Waals surface area contributed by atoms with Gasteiger partial charge in [-0.25, -0.2) is 9.18 Å². The van der Waals surface area contributed by atoms with Gasteiger partial charge in [0.15, 0.2) is 0 Å². The highest BCUT2D eigenvalue weighted by Gasteiger charge is 2.31. The summed E-state index contributed by atoms with van der Waals surface area (Å²) in [6, 6.07) is 20.1. The third-order valence-electron chi connectivity index (χ3n) is 5.83. The number of rotatable bonds is 7. The van der Waals surface area contributed by atoms with Gasteiger partial charge in [0.1, 0.15) is 23.2 Å². The largest absolute Gasteiger partial charge is 0.493 e. The summed E-state index contributed by atoms with van der Waals surface area (Å²) in [5.41, 5.74) is 2.57. The van der Waals surface area contributed by atoms with Crippen molar-refractivity contribution in [3.05, 3.63) is 95.3 Å². The molecule has 4 rings (SSSR count). The molecule has 0 fully saturated rings. The monoisotopic (exact) mass is 490 g/mol. The van der Waals surface area contributed by atoms with Gasteiger partial charge in [0.2, 0.25) is 0 Å². The fraction of sp³-hybridized carbons (Fsp3) is 0.310. The predicted molar refractivity (Wildman–Crippen MR) is 137 cm³/mol. The van der Waals surface area contributed by atoms with E-state index in [1.165, 1.54) is 12.1 Å². The normalized spacial score (nSPS) is 13.3. The van der Waals surface area contributed by atoms with Crippen LogP contribution in [0.25, 0.3) is 0 Å². The number of nitrogens with one attached hydrogen (secondary N) is 1. The lowest BCUT2D eigenvalue weighted by Gasteiger charge is -2.29. The number of carbonyl (C=O) groups is 2. The lowest BCUT2D eigenvalue weighted by atomic mass is 10.0. The van der Waals surface area contributed by atoms with Crippen molar-refractivity contribution in [2.24, 2.45) is 0 Å². The number of ether oxygens (including phenoxy) is 2. The van der Waals surface area contributed by atoms with Crippen LogP contribution >= 0.6 is 0 Å². The van der Waals surface area contributed by atoms with Crippen LogP contribution in [0.4, 0.5) is 14.9 Å². The third-order valence-corrected chi connectivity index (χ3v) is 5.83. The molecule has 1 N–H and O–H groups in total. The third kappa shape index (κ3) is 6.42. The zero-order valence-corrected chi connectivity index (χ0v) is 20.8. The highest BCUT2D eigenvalue weighted by molar-refractivity contribution is 5.99. The molecular weight excluding hydrogens is 459 g/mol. The first-order valence-corrected chi connectivity index (χ1v) is 12.1. The Morgan fingerprint density at radius 2 is 1.78 bits per heavy atom. The van der Waals surface area contributed by atoms with Crippen LogP contribution in [-0.2, 0) is 22.4 Å². The average molecular weight is 491 g/mol. The number of carbonyl (C=O) groups excluding carboxylic acids is 2. The molecule has 3 aromatic carbocycles. The molecule has 188 valence electrons. The lowest BCUT2D eigenvalue weighted by molar-refractivity contribution is -0.120. The first kappa shape index (κ1) is 25.2. The Kier molecular flexibility index (Phi) is 7.58. The molecule has 0 spiro atoms. The van der Waals surface area contributed by atoms with E-state index in [1.54, 1.807) is 49.9 Å². The maximum Gasteiger partial charge on any atom is 0.408 e. The van der Waals surface area contributed by atoms with Gasteiger partial charge in [0.25, 0.3) is 5.91 Å². The summed E-state index contributed by atoms with van der Waals surface area (Å²) < 4.78 is 24.5. The molecular formula is C29H31FN2O4. The standard InChI is InChI=1S/C29H31FN2O4/c1-29(2,3)36-28(34)31-26(21-7-5-4-6-8-21)27(33)32(17-15-20-9-11-23(30)12-10-20)24-13-14-25-22(19-24)16-18-35-25/h4-14,19,26H,15-18H2,1-3H3,(H,31,34). The van der Waals surface area contributed by atoms with Gasteiger partial charge in [-0.15, -0.1) is 0 Å². The van der Waals surface area contributed by atoms with Crippen molar-refractivity contribution in [2.45, 2.75) is 45.3 Å². The van der Waals surface area contributed by atoms with Crippen molar-refractivity contribution in [3.63, 3.8) is 0 Å². The molecule has 0 radical (unpaired) electrons. The molecule has 2 amide bonds. The molecule has 0 saturated carbocycles. The minimum Gasteiger partial charge on any atom is -0.493 e. The fourth-order valence-electron chi connectivity index (χ4n) is 4.11. The Labute approximate surface area is 211 Å². The van der Waals surface area contributed by atoms with Crippen LogP contribution < -0.4 is 15.0 Å². The van der Waals surface area contributed by atoms with E-state index in [0.717, 1.165) is 23.3 Å². The van der Waals surface area contributed by atoms with Crippen molar-refractivity contribution in [2.75, 3.05) is 18.1 Å². The molecule has 1 aliphatic rings. The van der Waals surface area contributed by atoms with Crippen LogP contribution in [-0.4, -0.2) is 30.8 Å². The minimum atomic E-state index is -0.959. The number of halogens is 1. The van der Waals surface area contributed by atoms with E-state index >= 15 is 0 Å². The Morgan fingerprint density at radius 1 is 1.06 bits per heavy atom. The molecule has 36 heavy (non-hydrogen) atoms. The van der Waals surface area contributed by atoms with E-state index in [0.29, 0.717) is 30.8 Å². The van der Waals surface area contributed by atoms with Gasteiger partial charge in [-0.2, -0.15) is 0 Å². The fourth-order valence-corrected chi connectivity index (χ4v) is 4.11. The van der Waals surface area contributed by atoms with Gasteiger partial charge in [0.05, 0.1) is 6.61 Å². The zero-order chi connectivity index (χ0) is 25.7. The van der Waals surface area contributed by atoms with E-state index in [4.69, 9.17) is 9.47 Å². The molecule has 3 aromatic rings. The van der Waals surface area contributed by atoms with Gasteiger partial charge >= 0.3 is 6.09 Å². The maximum absolute atomic E-state index is 14.1. The molecule has 1 atom stereocenters. The van der Waals surface area contributed by atoms with Gasteiger partial charge in [-0.3, -0.25) is 4.79 Å². The van der Waals surface area contributed by atoms with E-state index in [9.17, 15) is 14.0 Å². The molecule has 1 aliphatic heterocycles. The summed E-state index contributed by atoms with van der Waals surface area (Å²) in [5.74, 6) is 0.209. The van der Waals surface area contributed by atoms with Crippen molar-refractivity contribution in [1.82, 2.24) is 5.32 Å². The Bertz CT molecular complexity index is 1210. The SMILES string of the molecule is CC(C)(C)OC(=O)NC(C(=O)N(CCc1ccc(F)cc1)c1ccc2c(c1)CCO2)c1ccccc1. The summed E-state index contributed by atoms with van der Waals surface area (Å²) in [7, 11) is 0. The maximum atomic E-state index is 14.1. The first-order valence-electron chi connectivity index (χ1n) is 12.1. The second-order valence-electron chi connectivity index (χ2n) is 9.75. The summed E-state index contributed by atoms with van der Waals surface area (Å²) in [4.78, 5) is 28.5. The number of hydrogen-bond acceptors (Lipinski definition) is 4.